The van der Waals surface area contributed by atoms with Gasteiger partial charge in [-0.3, -0.25) is 4.79 Å². The Morgan fingerprint density at radius 3 is 2.15 bits per heavy atom. The van der Waals surface area contributed by atoms with Gasteiger partial charge in [0.2, 0.25) is 15.9 Å². The molecule has 1 aliphatic heterocycles. The maximum absolute atomic E-state index is 13.6. The number of hydrogen-bond donors (Lipinski definition) is 2. The Bertz CT molecular complexity index is 789. The summed E-state index contributed by atoms with van der Waals surface area (Å²) in [4.78, 5) is 12.2. The number of piperidine rings is 1. The minimum Gasteiger partial charge on any atom is -0.354 e. The molecule has 1 atom stereocenters. The van der Waals surface area contributed by atoms with Crippen LogP contribution in [-0.2, 0) is 14.8 Å². The van der Waals surface area contributed by atoms with Crippen LogP contribution in [0.15, 0.2) is 4.90 Å². The van der Waals surface area contributed by atoms with E-state index >= 15 is 0 Å². The molecule has 152 valence electrons. The van der Waals surface area contributed by atoms with Crippen molar-refractivity contribution in [1.29, 1.82) is 0 Å². The molecule has 1 amide bonds. The molecule has 0 aromatic heterocycles. The minimum absolute atomic E-state index is 0.130. The van der Waals surface area contributed by atoms with Crippen LogP contribution in [0.4, 0.5) is 0 Å². The highest BCUT2D eigenvalue weighted by atomic mass is 32.2. The fourth-order valence-electron chi connectivity index (χ4n) is 3.92. The lowest BCUT2D eigenvalue weighted by molar-refractivity contribution is -0.121. The smallest absolute Gasteiger partial charge is 0.243 e. The molecule has 7 heteroatoms. The second kappa shape index (κ2) is 8.71. The zero-order valence-corrected chi connectivity index (χ0v) is 18.0. The highest BCUT2D eigenvalue weighted by molar-refractivity contribution is 7.89. The van der Waals surface area contributed by atoms with Gasteiger partial charge in [-0.1, -0.05) is 6.42 Å². The van der Waals surface area contributed by atoms with Crippen molar-refractivity contribution in [2.24, 2.45) is 5.73 Å². The topological polar surface area (TPSA) is 92.5 Å². The van der Waals surface area contributed by atoms with Crippen LogP contribution in [0.5, 0.6) is 0 Å². The number of rotatable bonds is 6. The summed E-state index contributed by atoms with van der Waals surface area (Å²) in [7, 11) is -3.64. The zero-order chi connectivity index (χ0) is 20.4. The molecular formula is C20H33N3O3S. The zero-order valence-electron chi connectivity index (χ0n) is 17.2. The summed E-state index contributed by atoms with van der Waals surface area (Å²) in [6.45, 7) is 10.9. The Morgan fingerprint density at radius 1 is 1.04 bits per heavy atom. The molecule has 0 radical (unpaired) electrons. The van der Waals surface area contributed by atoms with Gasteiger partial charge in [-0.2, -0.15) is 4.31 Å². The van der Waals surface area contributed by atoms with Gasteiger partial charge in [0.15, 0.2) is 0 Å². The van der Waals surface area contributed by atoms with Gasteiger partial charge in [0.05, 0.1) is 4.90 Å². The Labute approximate surface area is 163 Å². The highest BCUT2D eigenvalue weighted by Crippen LogP contribution is 2.34. The lowest BCUT2D eigenvalue weighted by atomic mass is 9.95. The van der Waals surface area contributed by atoms with Gasteiger partial charge < -0.3 is 11.1 Å². The van der Waals surface area contributed by atoms with E-state index in [0.29, 0.717) is 24.5 Å². The molecule has 1 aromatic carbocycles. The summed E-state index contributed by atoms with van der Waals surface area (Å²) in [6, 6.07) is -0.216. The van der Waals surface area contributed by atoms with Crippen molar-refractivity contribution in [1.82, 2.24) is 9.62 Å². The van der Waals surface area contributed by atoms with E-state index in [0.717, 1.165) is 47.1 Å². The number of hydrogen-bond acceptors (Lipinski definition) is 4. The van der Waals surface area contributed by atoms with E-state index in [1.165, 1.54) is 0 Å². The van der Waals surface area contributed by atoms with Gasteiger partial charge in [0, 0.05) is 32.1 Å². The van der Waals surface area contributed by atoms with E-state index in [4.69, 9.17) is 5.73 Å². The molecule has 0 spiro atoms. The van der Waals surface area contributed by atoms with Crippen molar-refractivity contribution in [2.45, 2.75) is 71.2 Å². The van der Waals surface area contributed by atoms with Crippen LogP contribution in [0.2, 0.25) is 0 Å². The van der Waals surface area contributed by atoms with Crippen molar-refractivity contribution in [3.05, 3.63) is 27.8 Å². The number of benzene rings is 1. The number of carbonyl (C=O) groups is 1. The van der Waals surface area contributed by atoms with Crippen LogP contribution in [0.3, 0.4) is 0 Å². The summed E-state index contributed by atoms with van der Waals surface area (Å²) in [6.07, 6.45) is 2.82. The first-order valence-corrected chi connectivity index (χ1v) is 11.1. The molecule has 3 N–H and O–H groups in total. The molecule has 1 heterocycles. The van der Waals surface area contributed by atoms with Crippen LogP contribution in [-0.4, -0.2) is 44.3 Å². The Kier molecular flexibility index (Phi) is 7.05. The molecule has 27 heavy (non-hydrogen) atoms. The van der Waals surface area contributed by atoms with Gasteiger partial charge in [-0.05, 0) is 75.3 Å². The lowest BCUT2D eigenvalue weighted by Gasteiger charge is -2.36. The van der Waals surface area contributed by atoms with Crippen LogP contribution >= 0.6 is 0 Å². The molecule has 1 unspecified atom stereocenters. The molecule has 2 rings (SSSR count). The number of amides is 1. The molecule has 0 bridgehead atoms. The maximum Gasteiger partial charge on any atom is 0.243 e. The molecule has 1 saturated heterocycles. The summed E-state index contributed by atoms with van der Waals surface area (Å²) >= 11 is 0. The normalized spacial score (nSPS) is 18.5. The van der Waals surface area contributed by atoms with Crippen molar-refractivity contribution in [2.75, 3.05) is 19.6 Å². The van der Waals surface area contributed by atoms with E-state index in [1.54, 1.807) is 4.31 Å². The number of carbonyl (C=O) groups excluding carboxylic acids is 1. The number of nitrogens with zero attached hydrogens (tertiary/aromatic N) is 1. The second-order valence-electron chi connectivity index (χ2n) is 7.56. The fraction of sp³-hybridized carbons (Fsp3) is 0.650. The van der Waals surface area contributed by atoms with Crippen LogP contribution in [0.25, 0.3) is 0 Å². The van der Waals surface area contributed by atoms with Crippen LogP contribution in [0, 0.1) is 34.6 Å². The van der Waals surface area contributed by atoms with Crippen molar-refractivity contribution < 1.29 is 13.2 Å². The van der Waals surface area contributed by atoms with Crippen molar-refractivity contribution in [3.8, 4) is 0 Å². The third kappa shape index (κ3) is 4.36. The average Bonchev–Trinajstić information content (AvgIpc) is 2.63. The average molecular weight is 396 g/mol. The molecule has 6 nitrogen and oxygen atoms in total. The molecule has 0 saturated carbocycles. The molecule has 1 fully saturated rings. The quantitative estimate of drug-likeness (QED) is 0.772. The predicted octanol–water partition coefficient (Wildman–Crippen LogP) is 2.24. The van der Waals surface area contributed by atoms with Gasteiger partial charge >= 0.3 is 0 Å². The predicted molar refractivity (Wildman–Crippen MR) is 108 cm³/mol. The third-order valence-corrected chi connectivity index (χ3v) is 8.20. The van der Waals surface area contributed by atoms with Crippen LogP contribution < -0.4 is 11.1 Å². The van der Waals surface area contributed by atoms with Gasteiger partial charge in [0.1, 0.15) is 0 Å². The third-order valence-electron chi connectivity index (χ3n) is 5.98. The van der Waals surface area contributed by atoms with Crippen molar-refractivity contribution >= 4 is 15.9 Å². The monoisotopic (exact) mass is 395 g/mol. The van der Waals surface area contributed by atoms with E-state index in [9.17, 15) is 13.2 Å². The van der Waals surface area contributed by atoms with Gasteiger partial charge in [-0.25, -0.2) is 8.42 Å². The number of sulfonamides is 1. The summed E-state index contributed by atoms with van der Waals surface area (Å²) in [5, 5.41) is 2.84. The lowest BCUT2D eigenvalue weighted by Crippen LogP contribution is -2.49. The second-order valence-corrected chi connectivity index (χ2v) is 9.39. The Morgan fingerprint density at radius 2 is 1.59 bits per heavy atom. The molecule has 1 aromatic rings. The largest absolute Gasteiger partial charge is 0.354 e. The first-order valence-electron chi connectivity index (χ1n) is 9.68. The standard InChI is InChI=1S/C20H33N3O3S/c1-13-14(2)16(4)20(17(5)15(13)3)27(25,26)23-11-7-6-8-18(23)12-22-19(24)9-10-21/h18H,6-12,21H2,1-5H3,(H,22,24). The minimum atomic E-state index is -3.64. The highest BCUT2D eigenvalue weighted by Gasteiger charge is 2.36. The van der Waals surface area contributed by atoms with E-state index in [2.05, 4.69) is 5.32 Å². The van der Waals surface area contributed by atoms with Crippen LogP contribution in [0.1, 0.15) is 53.5 Å². The Balaban J connectivity index is 2.40. The van der Waals surface area contributed by atoms with Crippen molar-refractivity contribution in [3.63, 3.8) is 0 Å². The van der Waals surface area contributed by atoms with E-state index in [1.807, 2.05) is 34.6 Å². The van der Waals surface area contributed by atoms with E-state index in [-0.39, 0.29) is 18.4 Å². The first kappa shape index (κ1) is 21.9. The maximum atomic E-state index is 13.6. The molecular weight excluding hydrogens is 362 g/mol. The SMILES string of the molecule is Cc1c(C)c(C)c(S(=O)(=O)N2CCCCC2CNC(=O)CCN)c(C)c1C. The van der Waals surface area contributed by atoms with Gasteiger partial charge in [-0.15, -0.1) is 0 Å². The number of nitrogens with two attached hydrogens (primary N) is 1. The fourth-order valence-corrected chi connectivity index (χ4v) is 6.17. The summed E-state index contributed by atoms with van der Waals surface area (Å²) < 4.78 is 28.8. The number of nitrogens with one attached hydrogen (secondary N) is 1. The molecule has 1 aliphatic rings. The van der Waals surface area contributed by atoms with Gasteiger partial charge in [0.25, 0.3) is 0 Å². The molecule has 0 aliphatic carbocycles. The van der Waals surface area contributed by atoms with E-state index < -0.39 is 10.0 Å². The Hall–Kier alpha value is -1.44. The summed E-state index contributed by atoms with van der Waals surface area (Å²) in [5.74, 6) is -0.130. The summed E-state index contributed by atoms with van der Waals surface area (Å²) in [5.41, 5.74) is 10.3. The first-order chi connectivity index (χ1) is 12.6.